The molecular weight excluding hydrogens is 244 g/mol. The van der Waals surface area contributed by atoms with E-state index in [0.29, 0.717) is 10.9 Å². The highest BCUT2D eigenvalue weighted by atomic mass is 19.3. The summed E-state index contributed by atoms with van der Waals surface area (Å²) in [6.45, 7) is -0.697. The van der Waals surface area contributed by atoms with Crippen LogP contribution in [0.25, 0.3) is 10.9 Å². The molecule has 18 heavy (non-hydrogen) atoms. The summed E-state index contributed by atoms with van der Waals surface area (Å²) in [5, 5.41) is 4.57. The molecule has 0 spiro atoms. The highest BCUT2D eigenvalue weighted by Crippen LogP contribution is 2.23. The highest BCUT2D eigenvalue weighted by molar-refractivity contribution is 6.04. The number of rotatable bonds is 4. The number of carbonyl (C=O) groups excluding carboxylic acids is 1. The minimum atomic E-state index is -2.55. The maximum absolute atomic E-state index is 12.0. The average Bonchev–Trinajstić information content (AvgIpc) is 2.61. The molecule has 0 atom stereocenters. The number of benzene rings is 1. The lowest BCUT2D eigenvalue weighted by Gasteiger charge is -2.05. The first-order valence-electron chi connectivity index (χ1n) is 5.16. The molecule has 2 N–H and O–H groups in total. The number of nitrogens with two attached hydrogens (primary N) is 1. The van der Waals surface area contributed by atoms with Crippen LogP contribution in [0.15, 0.2) is 18.2 Å². The van der Waals surface area contributed by atoms with Crippen molar-refractivity contribution in [1.82, 2.24) is 9.78 Å². The van der Waals surface area contributed by atoms with Crippen LogP contribution in [0.4, 0.5) is 8.78 Å². The van der Waals surface area contributed by atoms with Crippen LogP contribution in [0, 0.1) is 0 Å². The van der Waals surface area contributed by atoms with Crippen LogP contribution in [0.1, 0.15) is 10.5 Å². The lowest BCUT2D eigenvalue weighted by atomic mass is 10.2. The van der Waals surface area contributed by atoms with Crippen LogP contribution in [-0.4, -0.2) is 28.7 Å². The van der Waals surface area contributed by atoms with E-state index >= 15 is 0 Å². The molecule has 2 aromatic rings. The fourth-order valence-corrected chi connectivity index (χ4v) is 1.72. The predicted octanol–water partition coefficient (Wildman–Crippen LogP) is 1.32. The largest absolute Gasteiger partial charge is 0.488 e. The first-order chi connectivity index (χ1) is 8.49. The zero-order chi connectivity index (χ0) is 13.3. The fraction of sp³-hybridized carbons (Fsp3) is 0.273. The van der Waals surface area contributed by atoms with Gasteiger partial charge in [0.15, 0.2) is 0 Å². The van der Waals surface area contributed by atoms with Crippen LogP contribution < -0.4 is 10.5 Å². The standard InChI is InChI=1S/C11H11F2N3O2/c1-16-10(11(14)17)7-4-6(18-5-9(12)13)2-3-8(7)15-16/h2-4,9H,5H2,1H3,(H2,14,17). The molecule has 7 heteroatoms. The van der Waals surface area contributed by atoms with Gasteiger partial charge in [0.05, 0.1) is 5.52 Å². The van der Waals surface area contributed by atoms with Crippen molar-refractivity contribution in [3.8, 4) is 5.75 Å². The van der Waals surface area contributed by atoms with Gasteiger partial charge < -0.3 is 10.5 Å². The molecule has 1 aromatic carbocycles. The summed E-state index contributed by atoms with van der Waals surface area (Å²) in [6, 6.07) is 4.58. The lowest BCUT2D eigenvalue weighted by molar-refractivity contribution is 0.0819. The first-order valence-corrected chi connectivity index (χ1v) is 5.16. The molecule has 0 unspecified atom stereocenters. The second-order valence-corrected chi connectivity index (χ2v) is 3.72. The van der Waals surface area contributed by atoms with E-state index < -0.39 is 18.9 Å². The molecule has 0 saturated heterocycles. The van der Waals surface area contributed by atoms with E-state index in [1.807, 2.05) is 0 Å². The van der Waals surface area contributed by atoms with Gasteiger partial charge in [0.1, 0.15) is 18.1 Å². The van der Waals surface area contributed by atoms with Crippen LogP contribution in [0.2, 0.25) is 0 Å². The van der Waals surface area contributed by atoms with Gasteiger partial charge in [-0.05, 0) is 18.2 Å². The maximum atomic E-state index is 12.0. The second kappa shape index (κ2) is 4.59. The summed E-state index contributed by atoms with van der Waals surface area (Å²) in [5.41, 5.74) is 6.00. The zero-order valence-corrected chi connectivity index (χ0v) is 9.56. The normalized spacial score (nSPS) is 11.1. The number of hydrogen-bond acceptors (Lipinski definition) is 3. The smallest absolute Gasteiger partial charge is 0.272 e. The van der Waals surface area contributed by atoms with E-state index in [4.69, 9.17) is 10.5 Å². The van der Waals surface area contributed by atoms with E-state index in [1.54, 1.807) is 13.1 Å². The minimum absolute atomic E-state index is 0.215. The summed E-state index contributed by atoms with van der Waals surface area (Å²) >= 11 is 0. The maximum Gasteiger partial charge on any atom is 0.272 e. The van der Waals surface area contributed by atoms with Crippen LogP contribution >= 0.6 is 0 Å². The topological polar surface area (TPSA) is 70.1 Å². The van der Waals surface area contributed by atoms with Crippen LogP contribution in [0.5, 0.6) is 5.75 Å². The van der Waals surface area contributed by atoms with Crippen molar-refractivity contribution >= 4 is 16.8 Å². The minimum Gasteiger partial charge on any atom is -0.488 e. The second-order valence-electron chi connectivity index (χ2n) is 3.72. The molecule has 0 aliphatic rings. The van der Waals surface area contributed by atoms with Gasteiger partial charge in [-0.15, -0.1) is 0 Å². The van der Waals surface area contributed by atoms with Crippen molar-refractivity contribution in [3.63, 3.8) is 0 Å². The highest BCUT2D eigenvalue weighted by Gasteiger charge is 2.14. The molecule has 1 aromatic heterocycles. The Morgan fingerprint density at radius 1 is 1.56 bits per heavy atom. The number of nitrogens with zero attached hydrogens (tertiary/aromatic N) is 2. The first kappa shape index (κ1) is 12.3. The van der Waals surface area contributed by atoms with E-state index in [-0.39, 0.29) is 11.4 Å². The molecule has 0 saturated carbocycles. The summed E-state index contributed by atoms with van der Waals surface area (Å²) in [4.78, 5) is 11.3. The molecule has 0 radical (unpaired) electrons. The molecule has 0 bridgehead atoms. The molecular formula is C11H11F2N3O2. The number of aryl methyl sites for hydroxylation is 1. The Kier molecular flexibility index (Phi) is 3.14. The Balaban J connectivity index is 2.42. The lowest BCUT2D eigenvalue weighted by Crippen LogP contribution is -2.16. The van der Waals surface area contributed by atoms with Gasteiger partial charge in [-0.3, -0.25) is 9.48 Å². The summed E-state index contributed by atoms with van der Waals surface area (Å²) < 4.78 is 30.3. The fourth-order valence-electron chi connectivity index (χ4n) is 1.72. The quantitative estimate of drug-likeness (QED) is 0.895. The number of fused-ring (bicyclic) bond motifs is 1. The van der Waals surface area contributed by atoms with Crippen molar-refractivity contribution in [2.24, 2.45) is 12.8 Å². The van der Waals surface area contributed by atoms with Crippen molar-refractivity contribution in [1.29, 1.82) is 0 Å². The number of halogens is 2. The zero-order valence-electron chi connectivity index (χ0n) is 9.56. The van der Waals surface area contributed by atoms with Gasteiger partial charge in [0.2, 0.25) is 0 Å². The van der Waals surface area contributed by atoms with Gasteiger partial charge in [0, 0.05) is 12.4 Å². The predicted molar refractivity (Wildman–Crippen MR) is 60.7 cm³/mol. The number of hydrogen-bond donors (Lipinski definition) is 1. The molecule has 1 amide bonds. The third kappa shape index (κ3) is 2.24. The monoisotopic (exact) mass is 255 g/mol. The van der Waals surface area contributed by atoms with Crippen molar-refractivity contribution in [3.05, 3.63) is 23.9 Å². The van der Waals surface area contributed by atoms with Gasteiger partial charge in [-0.25, -0.2) is 8.78 Å². The summed E-state index contributed by atoms with van der Waals surface area (Å²) in [6.07, 6.45) is -2.55. The van der Waals surface area contributed by atoms with Crippen molar-refractivity contribution in [2.45, 2.75) is 6.43 Å². The number of amides is 1. The Hall–Kier alpha value is -2.18. The summed E-state index contributed by atoms with van der Waals surface area (Å²) in [5.74, 6) is -0.385. The molecule has 96 valence electrons. The van der Waals surface area contributed by atoms with Crippen LogP contribution in [0.3, 0.4) is 0 Å². The number of aromatic nitrogens is 2. The Morgan fingerprint density at radius 3 is 2.89 bits per heavy atom. The van der Waals surface area contributed by atoms with E-state index in [1.165, 1.54) is 16.8 Å². The van der Waals surface area contributed by atoms with Crippen molar-refractivity contribution in [2.75, 3.05) is 6.61 Å². The molecule has 1 heterocycles. The average molecular weight is 255 g/mol. The third-order valence-electron chi connectivity index (χ3n) is 2.41. The number of primary amides is 1. The van der Waals surface area contributed by atoms with Crippen LogP contribution in [-0.2, 0) is 7.05 Å². The molecule has 0 aliphatic heterocycles. The van der Waals surface area contributed by atoms with E-state index in [9.17, 15) is 13.6 Å². The number of ether oxygens (including phenoxy) is 1. The molecule has 0 aliphatic carbocycles. The number of alkyl halides is 2. The molecule has 2 rings (SSSR count). The molecule has 5 nitrogen and oxygen atoms in total. The van der Waals surface area contributed by atoms with Gasteiger partial charge >= 0.3 is 0 Å². The summed E-state index contributed by atoms with van der Waals surface area (Å²) in [7, 11) is 1.58. The Labute approximate surface area is 101 Å². The SMILES string of the molecule is Cn1nc2ccc(OCC(F)F)cc2c1C(N)=O. The van der Waals surface area contributed by atoms with Gasteiger partial charge in [0.25, 0.3) is 12.3 Å². The van der Waals surface area contributed by atoms with Gasteiger partial charge in [-0.1, -0.05) is 0 Å². The van der Waals surface area contributed by atoms with Crippen molar-refractivity contribution < 1.29 is 18.3 Å². The van der Waals surface area contributed by atoms with E-state index in [2.05, 4.69) is 5.10 Å². The number of carbonyl (C=O) groups is 1. The third-order valence-corrected chi connectivity index (χ3v) is 2.41. The van der Waals surface area contributed by atoms with E-state index in [0.717, 1.165) is 0 Å². The Bertz CT molecular complexity index is 595. The Morgan fingerprint density at radius 2 is 2.28 bits per heavy atom. The van der Waals surface area contributed by atoms with Gasteiger partial charge in [-0.2, -0.15) is 5.10 Å². The molecule has 0 fully saturated rings.